The Kier molecular flexibility index (Phi) is 5.36. The summed E-state index contributed by atoms with van der Waals surface area (Å²) < 4.78 is 3.54. The van der Waals surface area contributed by atoms with E-state index in [4.69, 9.17) is 0 Å². The molecule has 132 valence electrons. The van der Waals surface area contributed by atoms with Crippen LogP contribution in [0, 0.1) is 0 Å². The van der Waals surface area contributed by atoms with Gasteiger partial charge in [0, 0.05) is 13.1 Å². The van der Waals surface area contributed by atoms with E-state index in [0.717, 1.165) is 23.0 Å². The fourth-order valence-corrected chi connectivity index (χ4v) is 3.46. The molecule has 0 saturated heterocycles. The fraction of sp³-hybridized carbons (Fsp3) is 0.350. The van der Waals surface area contributed by atoms with Crippen molar-refractivity contribution in [3.05, 3.63) is 70.6 Å². The maximum absolute atomic E-state index is 13.2. The number of rotatable bonds is 7. The van der Waals surface area contributed by atoms with Crippen molar-refractivity contribution in [1.82, 2.24) is 14.5 Å². The van der Waals surface area contributed by atoms with E-state index in [1.807, 2.05) is 54.6 Å². The molecular formula is C20H25N3O2. The van der Waals surface area contributed by atoms with Crippen LogP contribution in [0.2, 0.25) is 0 Å². The van der Waals surface area contributed by atoms with Crippen molar-refractivity contribution in [2.45, 2.75) is 32.0 Å². The monoisotopic (exact) mass is 339 g/mol. The van der Waals surface area contributed by atoms with E-state index in [0.29, 0.717) is 13.1 Å². The normalized spacial score (nSPS) is 13.9. The van der Waals surface area contributed by atoms with Crippen molar-refractivity contribution >= 4 is 11.0 Å². The molecule has 0 aliphatic rings. The van der Waals surface area contributed by atoms with E-state index in [-0.39, 0.29) is 5.69 Å². The van der Waals surface area contributed by atoms with Gasteiger partial charge in [-0.25, -0.2) is 4.79 Å². The van der Waals surface area contributed by atoms with Crippen molar-refractivity contribution in [1.29, 1.82) is 0 Å². The van der Waals surface area contributed by atoms with E-state index in [1.54, 1.807) is 16.2 Å². The fourth-order valence-electron chi connectivity index (χ4n) is 3.46. The van der Waals surface area contributed by atoms with Crippen LogP contribution in [0.15, 0.2) is 59.4 Å². The van der Waals surface area contributed by atoms with Gasteiger partial charge < -0.3 is 10.4 Å². The Hall–Kier alpha value is -2.37. The van der Waals surface area contributed by atoms with E-state index < -0.39 is 12.1 Å². The number of aromatic nitrogens is 2. The highest BCUT2D eigenvalue weighted by molar-refractivity contribution is 5.76. The largest absolute Gasteiger partial charge is 0.389 e. The van der Waals surface area contributed by atoms with E-state index >= 15 is 0 Å². The van der Waals surface area contributed by atoms with Gasteiger partial charge in [0.25, 0.3) is 0 Å². The number of aliphatic hydroxyl groups excluding tert-OH is 1. The van der Waals surface area contributed by atoms with Gasteiger partial charge in [-0.2, -0.15) is 0 Å². The first-order valence-electron chi connectivity index (χ1n) is 8.76. The van der Waals surface area contributed by atoms with Crippen LogP contribution in [0.4, 0.5) is 0 Å². The summed E-state index contributed by atoms with van der Waals surface area (Å²) in [5.74, 6) is 0. The average Bonchev–Trinajstić information content (AvgIpc) is 2.90. The van der Waals surface area contributed by atoms with Crippen LogP contribution in [0.5, 0.6) is 0 Å². The highest BCUT2D eigenvalue weighted by atomic mass is 16.3. The van der Waals surface area contributed by atoms with Crippen LogP contribution in [0.3, 0.4) is 0 Å². The Labute approximate surface area is 147 Å². The molecule has 5 heteroatoms. The third-order valence-corrected chi connectivity index (χ3v) is 4.51. The molecule has 0 radical (unpaired) electrons. The first-order chi connectivity index (χ1) is 12.2. The molecule has 0 fully saturated rings. The van der Waals surface area contributed by atoms with Gasteiger partial charge in [-0.1, -0.05) is 49.4 Å². The smallest absolute Gasteiger partial charge is 0.329 e. The van der Waals surface area contributed by atoms with Crippen LogP contribution in [0.1, 0.15) is 24.9 Å². The summed E-state index contributed by atoms with van der Waals surface area (Å²) >= 11 is 0. The third-order valence-electron chi connectivity index (χ3n) is 4.51. The van der Waals surface area contributed by atoms with Crippen LogP contribution in [0.25, 0.3) is 11.0 Å². The zero-order valence-corrected chi connectivity index (χ0v) is 14.7. The first kappa shape index (κ1) is 17.5. The minimum absolute atomic E-state index is 0.0768. The molecule has 0 bridgehead atoms. The standard InChI is InChI=1S/C20H25N3O2/c1-3-13-22-16-11-7-8-12-17(16)23(20(22)25)19(18(24)14-21-2)15-9-5-4-6-10-15/h4-12,18-19,21,24H,3,13-14H2,1-2H3/t18-,19+/m1/s1. The number of nitrogens with zero attached hydrogens (tertiary/aromatic N) is 2. The SMILES string of the molecule is CCCn1c(=O)n([C@@H](c2ccccc2)[C@H](O)CNC)c2ccccc21. The summed E-state index contributed by atoms with van der Waals surface area (Å²) in [6.45, 7) is 3.12. The summed E-state index contributed by atoms with van der Waals surface area (Å²) in [6.07, 6.45) is 0.161. The number of hydrogen-bond acceptors (Lipinski definition) is 3. The minimum Gasteiger partial charge on any atom is -0.389 e. The molecule has 0 aliphatic heterocycles. The first-order valence-corrected chi connectivity index (χ1v) is 8.76. The molecule has 0 unspecified atom stereocenters. The number of fused-ring (bicyclic) bond motifs is 1. The number of hydrogen-bond donors (Lipinski definition) is 2. The molecule has 2 atom stereocenters. The minimum atomic E-state index is -0.717. The van der Waals surface area contributed by atoms with Crippen molar-refractivity contribution < 1.29 is 5.11 Å². The molecule has 2 aromatic carbocycles. The Morgan fingerprint density at radius 2 is 1.68 bits per heavy atom. The summed E-state index contributed by atoms with van der Waals surface area (Å²) in [5, 5.41) is 13.8. The maximum Gasteiger partial charge on any atom is 0.329 e. The van der Waals surface area contributed by atoms with E-state index in [9.17, 15) is 9.90 Å². The Bertz CT molecular complexity index is 883. The van der Waals surface area contributed by atoms with Crippen molar-refractivity contribution in [3.8, 4) is 0 Å². The van der Waals surface area contributed by atoms with E-state index in [1.165, 1.54) is 0 Å². The van der Waals surface area contributed by atoms with Gasteiger partial charge in [0.05, 0.1) is 23.2 Å². The molecule has 1 heterocycles. The number of likely N-dealkylation sites (N-methyl/N-ethyl adjacent to an activating group) is 1. The lowest BCUT2D eigenvalue weighted by atomic mass is 10.0. The lowest BCUT2D eigenvalue weighted by Gasteiger charge is -2.25. The molecule has 1 aromatic heterocycles. The van der Waals surface area contributed by atoms with Gasteiger partial charge in [0.2, 0.25) is 0 Å². The zero-order chi connectivity index (χ0) is 17.8. The van der Waals surface area contributed by atoms with Gasteiger partial charge in [0.1, 0.15) is 0 Å². The quantitative estimate of drug-likeness (QED) is 0.695. The number of benzene rings is 2. The summed E-state index contributed by atoms with van der Waals surface area (Å²) in [5.41, 5.74) is 2.61. The second-order valence-corrected chi connectivity index (χ2v) is 6.27. The zero-order valence-electron chi connectivity index (χ0n) is 14.7. The van der Waals surface area contributed by atoms with Gasteiger partial charge in [-0.15, -0.1) is 0 Å². The topological polar surface area (TPSA) is 59.2 Å². The van der Waals surface area contributed by atoms with Crippen LogP contribution in [-0.2, 0) is 6.54 Å². The maximum atomic E-state index is 13.2. The molecule has 2 N–H and O–H groups in total. The van der Waals surface area contributed by atoms with Crippen molar-refractivity contribution in [2.75, 3.05) is 13.6 Å². The van der Waals surface area contributed by atoms with Gasteiger partial charge in [-0.05, 0) is 31.2 Å². The number of nitrogens with one attached hydrogen (secondary N) is 1. The molecule has 0 saturated carbocycles. The lowest BCUT2D eigenvalue weighted by Crippen LogP contribution is -2.38. The summed E-state index contributed by atoms with van der Waals surface area (Å²) in [6, 6.07) is 17.1. The molecule has 3 rings (SSSR count). The number of aryl methyl sites for hydroxylation is 1. The van der Waals surface area contributed by atoms with Crippen LogP contribution < -0.4 is 11.0 Å². The van der Waals surface area contributed by atoms with Gasteiger partial charge in [0.15, 0.2) is 0 Å². The van der Waals surface area contributed by atoms with Crippen LogP contribution >= 0.6 is 0 Å². The molecule has 5 nitrogen and oxygen atoms in total. The number of aliphatic hydroxyl groups is 1. The Morgan fingerprint density at radius 3 is 2.32 bits per heavy atom. The molecule has 0 spiro atoms. The van der Waals surface area contributed by atoms with Crippen molar-refractivity contribution in [2.24, 2.45) is 0 Å². The van der Waals surface area contributed by atoms with Crippen molar-refractivity contribution in [3.63, 3.8) is 0 Å². The molecule has 0 amide bonds. The van der Waals surface area contributed by atoms with E-state index in [2.05, 4.69) is 12.2 Å². The predicted molar refractivity (Wildman–Crippen MR) is 101 cm³/mol. The highest BCUT2D eigenvalue weighted by Gasteiger charge is 2.27. The Morgan fingerprint density at radius 1 is 1.04 bits per heavy atom. The number of imidazole rings is 1. The van der Waals surface area contributed by atoms with Gasteiger partial charge in [-0.3, -0.25) is 9.13 Å². The third kappa shape index (κ3) is 3.25. The Balaban J connectivity index is 2.26. The predicted octanol–water partition coefficient (Wildman–Crippen LogP) is 2.38. The molecular weight excluding hydrogens is 314 g/mol. The average molecular weight is 339 g/mol. The van der Waals surface area contributed by atoms with Crippen LogP contribution in [-0.4, -0.2) is 33.9 Å². The molecule has 0 aliphatic carbocycles. The van der Waals surface area contributed by atoms with Gasteiger partial charge >= 0.3 is 5.69 Å². The number of para-hydroxylation sites is 2. The summed E-state index contributed by atoms with van der Waals surface area (Å²) in [7, 11) is 1.80. The lowest BCUT2D eigenvalue weighted by molar-refractivity contribution is 0.130. The summed E-state index contributed by atoms with van der Waals surface area (Å²) in [4.78, 5) is 13.2. The molecule has 25 heavy (non-hydrogen) atoms. The second kappa shape index (κ2) is 7.68. The highest BCUT2D eigenvalue weighted by Crippen LogP contribution is 2.26. The molecule has 3 aromatic rings. The second-order valence-electron chi connectivity index (χ2n) is 6.27.